The largest absolute Gasteiger partial charge is 0.495 e. The molecule has 2 rings (SSSR count). The van der Waals surface area contributed by atoms with Gasteiger partial charge < -0.3 is 19.6 Å². The number of anilines is 1. The van der Waals surface area contributed by atoms with Gasteiger partial charge in [0.05, 0.1) is 24.6 Å². The van der Waals surface area contributed by atoms with Gasteiger partial charge in [0.2, 0.25) is 5.91 Å². The molecule has 0 aliphatic rings. The summed E-state index contributed by atoms with van der Waals surface area (Å²) in [6.45, 7) is 0. The number of rotatable bonds is 5. The Hall–Kier alpha value is -3.13. The van der Waals surface area contributed by atoms with Crippen LogP contribution in [0.25, 0.3) is 6.08 Å². The van der Waals surface area contributed by atoms with Gasteiger partial charge in [-0.3, -0.25) is 10.1 Å². The van der Waals surface area contributed by atoms with Crippen LogP contribution in [0.2, 0.25) is 0 Å². The van der Waals surface area contributed by atoms with Gasteiger partial charge in [-0.25, -0.2) is 4.79 Å². The van der Waals surface area contributed by atoms with E-state index in [2.05, 4.69) is 10.6 Å². The van der Waals surface area contributed by atoms with E-state index in [4.69, 9.17) is 26.5 Å². The Bertz CT molecular complexity index is 784. The van der Waals surface area contributed by atoms with Crippen molar-refractivity contribution in [3.8, 4) is 5.75 Å². The quantitative estimate of drug-likeness (QED) is 0.565. The molecule has 0 unspecified atom stereocenters. The second-order valence-corrected chi connectivity index (χ2v) is 4.92. The Kier molecular flexibility index (Phi) is 5.69. The Balaban J connectivity index is 2.02. The fourth-order valence-electron chi connectivity index (χ4n) is 1.79. The van der Waals surface area contributed by atoms with Crippen LogP contribution in [0.5, 0.6) is 5.75 Å². The number of hydrogen-bond acceptors (Lipinski definition) is 5. The number of thiocarbonyl (C=S) groups is 1. The molecular weight excluding hydrogens is 332 g/mol. The minimum Gasteiger partial charge on any atom is -0.495 e. The fourth-order valence-corrected chi connectivity index (χ4v) is 2.00. The van der Waals surface area contributed by atoms with Crippen LogP contribution in [0.3, 0.4) is 0 Å². The number of ether oxygens (including phenoxy) is 1. The lowest BCUT2D eigenvalue weighted by molar-refractivity contribution is -0.115. The molecule has 7 nitrogen and oxygen atoms in total. The van der Waals surface area contributed by atoms with Crippen molar-refractivity contribution in [1.82, 2.24) is 5.32 Å². The number of amides is 1. The number of methoxy groups -OCH3 is 1. The van der Waals surface area contributed by atoms with E-state index >= 15 is 0 Å². The van der Waals surface area contributed by atoms with Crippen molar-refractivity contribution < 1.29 is 23.8 Å². The van der Waals surface area contributed by atoms with E-state index in [0.717, 1.165) is 0 Å². The van der Waals surface area contributed by atoms with Gasteiger partial charge in [-0.1, -0.05) is 0 Å². The number of furan rings is 1. The summed E-state index contributed by atoms with van der Waals surface area (Å²) in [4.78, 5) is 22.8. The molecule has 0 radical (unpaired) electrons. The molecule has 2 aromatic rings. The first-order valence-electron chi connectivity index (χ1n) is 6.74. The predicted octanol–water partition coefficient (Wildman–Crippen LogP) is 2.51. The highest BCUT2D eigenvalue weighted by molar-refractivity contribution is 7.80. The van der Waals surface area contributed by atoms with Crippen LogP contribution in [0.1, 0.15) is 16.1 Å². The summed E-state index contributed by atoms with van der Waals surface area (Å²) in [7, 11) is 1.44. The number of benzene rings is 1. The highest BCUT2D eigenvalue weighted by atomic mass is 32.1. The highest BCUT2D eigenvalue weighted by Crippen LogP contribution is 2.25. The normalized spacial score (nSPS) is 10.4. The van der Waals surface area contributed by atoms with Gasteiger partial charge in [-0.15, -0.1) is 0 Å². The minimum atomic E-state index is -1.09. The molecule has 0 spiro atoms. The number of aromatic carboxylic acids is 1. The summed E-state index contributed by atoms with van der Waals surface area (Å²) < 4.78 is 10.2. The van der Waals surface area contributed by atoms with Gasteiger partial charge in [-0.2, -0.15) is 0 Å². The van der Waals surface area contributed by atoms with E-state index < -0.39 is 11.9 Å². The van der Waals surface area contributed by atoms with Gasteiger partial charge in [0, 0.05) is 6.08 Å². The van der Waals surface area contributed by atoms with Gasteiger partial charge in [0.1, 0.15) is 11.5 Å². The van der Waals surface area contributed by atoms with Crippen molar-refractivity contribution in [3.05, 3.63) is 54.0 Å². The van der Waals surface area contributed by atoms with E-state index in [1.165, 1.54) is 43.7 Å². The van der Waals surface area contributed by atoms with E-state index in [9.17, 15) is 9.59 Å². The molecule has 3 N–H and O–H groups in total. The second kappa shape index (κ2) is 7.93. The zero-order valence-electron chi connectivity index (χ0n) is 12.6. The monoisotopic (exact) mass is 346 g/mol. The molecule has 0 fully saturated rings. The van der Waals surface area contributed by atoms with Crippen LogP contribution in [0.4, 0.5) is 5.69 Å². The molecule has 0 aliphatic heterocycles. The molecule has 8 heteroatoms. The number of carbonyl (C=O) groups is 2. The van der Waals surface area contributed by atoms with Crippen LogP contribution in [-0.4, -0.2) is 29.2 Å². The Labute approximate surface area is 142 Å². The van der Waals surface area contributed by atoms with Crippen molar-refractivity contribution in [2.24, 2.45) is 0 Å². The molecule has 1 amide bonds. The summed E-state index contributed by atoms with van der Waals surface area (Å²) in [6.07, 6.45) is 4.24. The van der Waals surface area contributed by atoms with Crippen LogP contribution in [0, 0.1) is 0 Å². The molecule has 0 aliphatic carbocycles. The average Bonchev–Trinajstić information content (AvgIpc) is 3.06. The number of carboxylic acid groups (broad SMARTS) is 1. The lowest BCUT2D eigenvalue weighted by Crippen LogP contribution is -2.33. The van der Waals surface area contributed by atoms with E-state index in [0.29, 0.717) is 17.2 Å². The van der Waals surface area contributed by atoms with Gasteiger partial charge in [0.25, 0.3) is 0 Å². The number of hydrogen-bond donors (Lipinski definition) is 3. The second-order valence-electron chi connectivity index (χ2n) is 4.51. The molecule has 1 heterocycles. The molecule has 0 saturated heterocycles. The Morgan fingerprint density at radius 3 is 2.75 bits per heavy atom. The van der Waals surface area contributed by atoms with Crippen LogP contribution >= 0.6 is 12.2 Å². The van der Waals surface area contributed by atoms with Gasteiger partial charge >= 0.3 is 5.97 Å². The van der Waals surface area contributed by atoms with Crippen molar-refractivity contribution >= 4 is 41.0 Å². The third-order valence-corrected chi connectivity index (χ3v) is 3.08. The maximum atomic E-state index is 11.8. The summed E-state index contributed by atoms with van der Waals surface area (Å²) in [5.41, 5.74) is 0.392. The first-order chi connectivity index (χ1) is 11.5. The molecule has 1 aromatic heterocycles. The average molecular weight is 346 g/mol. The highest BCUT2D eigenvalue weighted by Gasteiger charge is 2.11. The van der Waals surface area contributed by atoms with Crippen molar-refractivity contribution in [3.63, 3.8) is 0 Å². The lowest BCUT2D eigenvalue weighted by atomic mass is 10.2. The molecule has 24 heavy (non-hydrogen) atoms. The van der Waals surface area contributed by atoms with Crippen molar-refractivity contribution in [1.29, 1.82) is 0 Å². The van der Waals surface area contributed by atoms with Crippen molar-refractivity contribution in [2.45, 2.75) is 0 Å². The molecule has 124 valence electrons. The lowest BCUT2D eigenvalue weighted by Gasteiger charge is -2.12. The van der Waals surface area contributed by atoms with Crippen molar-refractivity contribution in [2.75, 3.05) is 12.4 Å². The first-order valence-corrected chi connectivity index (χ1v) is 7.15. The molecule has 0 saturated carbocycles. The Morgan fingerprint density at radius 1 is 1.33 bits per heavy atom. The summed E-state index contributed by atoms with van der Waals surface area (Å²) in [5, 5.41) is 14.2. The number of nitrogens with one attached hydrogen (secondary N) is 2. The maximum absolute atomic E-state index is 11.8. The summed E-state index contributed by atoms with van der Waals surface area (Å²) in [6, 6.07) is 7.65. The van der Waals surface area contributed by atoms with Gasteiger partial charge in [-0.05, 0) is 48.6 Å². The van der Waals surface area contributed by atoms with E-state index in [1.807, 2.05) is 0 Å². The van der Waals surface area contributed by atoms with Crippen LogP contribution < -0.4 is 15.4 Å². The SMILES string of the molecule is COc1ccc(C(=O)O)cc1NC(=S)NC(=O)/C=C/c1ccco1. The standard InChI is InChI=1S/C16H14N2O5S/c1-22-13-6-4-10(15(20)21)9-12(13)17-16(24)18-14(19)7-5-11-3-2-8-23-11/h2-9H,1H3,(H,20,21)(H2,17,18,19,24)/b7-5+. The van der Waals surface area contributed by atoms with E-state index in [-0.39, 0.29) is 10.7 Å². The number of carbonyl (C=O) groups excluding carboxylic acids is 1. The first kappa shape index (κ1) is 17.2. The smallest absolute Gasteiger partial charge is 0.335 e. The molecule has 0 bridgehead atoms. The maximum Gasteiger partial charge on any atom is 0.335 e. The predicted molar refractivity (Wildman–Crippen MR) is 92.1 cm³/mol. The molecule has 1 aromatic carbocycles. The zero-order chi connectivity index (χ0) is 17.5. The summed E-state index contributed by atoms with van der Waals surface area (Å²) in [5.74, 6) is -0.628. The minimum absolute atomic E-state index is 0.00457. The van der Waals surface area contributed by atoms with Gasteiger partial charge in [0.15, 0.2) is 5.11 Å². The third kappa shape index (κ3) is 4.68. The molecular formula is C16H14N2O5S. The summed E-state index contributed by atoms with van der Waals surface area (Å²) >= 11 is 5.04. The fraction of sp³-hybridized carbons (Fsp3) is 0.0625. The van der Waals surface area contributed by atoms with Crippen LogP contribution in [-0.2, 0) is 4.79 Å². The zero-order valence-corrected chi connectivity index (χ0v) is 13.4. The number of carboxylic acids is 1. The van der Waals surface area contributed by atoms with Crippen LogP contribution in [0.15, 0.2) is 47.1 Å². The third-order valence-electron chi connectivity index (χ3n) is 2.87. The molecule has 0 atom stereocenters. The topological polar surface area (TPSA) is 101 Å². The van der Waals surface area contributed by atoms with E-state index in [1.54, 1.807) is 12.1 Å². The Morgan fingerprint density at radius 2 is 2.12 bits per heavy atom.